The SMILES string of the molecule is Cc1nn(-c2cccc(F)c2)c2ncnc(Nc3ccccc3F)c12. The lowest BCUT2D eigenvalue weighted by Gasteiger charge is -2.08. The lowest BCUT2D eigenvalue weighted by molar-refractivity contribution is 0.625. The zero-order chi connectivity index (χ0) is 17.4. The largest absolute Gasteiger partial charge is 0.337 e. The van der Waals surface area contributed by atoms with E-state index >= 15 is 0 Å². The summed E-state index contributed by atoms with van der Waals surface area (Å²) >= 11 is 0. The molecule has 0 radical (unpaired) electrons. The smallest absolute Gasteiger partial charge is 0.168 e. The molecule has 0 amide bonds. The van der Waals surface area contributed by atoms with Crippen molar-refractivity contribution in [3.8, 4) is 5.69 Å². The van der Waals surface area contributed by atoms with Gasteiger partial charge in [-0.05, 0) is 37.3 Å². The van der Waals surface area contributed by atoms with Gasteiger partial charge in [0.2, 0.25) is 0 Å². The van der Waals surface area contributed by atoms with Gasteiger partial charge in [0.1, 0.15) is 23.8 Å². The molecule has 0 saturated carbocycles. The number of aromatic nitrogens is 4. The molecule has 0 aliphatic heterocycles. The molecule has 0 bridgehead atoms. The minimum Gasteiger partial charge on any atom is -0.337 e. The number of rotatable bonds is 3. The number of halogens is 2. The van der Waals surface area contributed by atoms with Gasteiger partial charge < -0.3 is 5.32 Å². The number of aryl methyl sites for hydroxylation is 1. The van der Waals surface area contributed by atoms with Crippen LogP contribution in [0.3, 0.4) is 0 Å². The van der Waals surface area contributed by atoms with Crippen LogP contribution < -0.4 is 5.32 Å². The molecule has 0 saturated heterocycles. The number of nitrogens with one attached hydrogen (secondary N) is 1. The van der Waals surface area contributed by atoms with E-state index in [9.17, 15) is 8.78 Å². The van der Waals surface area contributed by atoms with Crippen LogP contribution in [0.25, 0.3) is 16.7 Å². The summed E-state index contributed by atoms with van der Waals surface area (Å²) in [5.41, 5.74) is 2.02. The van der Waals surface area contributed by atoms with Gasteiger partial charge in [-0.1, -0.05) is 18.2 Å². The van der Waals surface area contributed by atoms with Gasteiger partial charge in [0.05, 0.1) is 22.5 Å². The van der Waals surface area contributed by atoms with E-state index < -0.39 is 0 Å². The van der Waals surface area contributed by atoms with Crippen molar-refractivity contribution in [1.82, 2.24) is 19.7 Å². The highest BCUT2D eigenvalue weighted by Crippen LogP contribution is 2.28. The molecule has 0 aliphatic carbocycles. The van der Waals surface area contributed by atoms with E-state index in [0.717, 1.165) is 0 Å². The average Bonchev–Trinajstić information content (AvgIpc) is 2.95. The van der Waals surface area contributed by atoms with Crippen LogP contribution in [0.1, 0.15) is 5.69 Å². The molecule has 25 heavy (non-hydrogen) atoms. The van der Waals surface area contributed by atoms with Crippen molar-refractivity contribution in [2.24, 2.45) is 0 Å². The van der Waals surface area contributed by atoms with Crippen LogP contribution in [0.4, 0.5) is 20.3 Å². The Kier molecular flexibility index (Phi) is 3.61. The maximum Gasteiger partial charge on any atom is 0.168 e. The zero-order valence-electron chi connectivity index (χ0n) is 13.2. The van der Waals surface area contributed by atoms with Crippen LogP contribution >= 0.6 is 0 Å². The van der Waals surface area contributed by atoms with Crippen molar-refractivity contribution < 1.29 is 8.78 Å². The fourth-order valence-corrected chi connectivity index (χ4v) is 2.69. The van der Waals surface area contributed by atoms with Crippen LogP contribution in [0.15, 0.2) is 54.9 Å². The Hall–Kier alpha value is -3.35. The van der Waals surface area contributed by atoms with Gasteiger partial charge in [-0.25, -0.2) is 23.4 Å². The number of fused-ring (bicyclic) bond motifs is 1. The van der Waals surface area contributed by atoms with E-state index in [2.05, 4.69) is 20.4 Å². The van der Waals surface area contributed by atoms with E-state index in [4.69, 9.17) is 0 Å². The Balaban J connectivity index is 1.87. The normalized spacial score (nSPS) is 11.0. The summed E-state index contributed by atoms with van der Waals surface area (Å²) in [7, 11) is 0. The molecular formula is C18H13F2N5. The van der Waals surface area contributed by atoms with Crippen LogP contribution in [0, 0.1) is 18.6 Å². The average molecular weight is 337 g/mol. The van der Waals surface area contributed by atoms with Gasteiger partial charge in [-0.2, -0.15) is 5.10 Å². The molecule has 2 heterocycles. The first-order valence-corrected chi connectivity index (χ1v) is 7.61. The second-order valence-electron chi connectivity index (χ2n) is 5.50. The summed E-state index contributed by atoms with van der Waals surface area (Å²) in [6.45, 7) is 1.80. The van der Waals surface area contributed by atoms with E-state index in [-0.39, 0.29) is 11.6 Å². The Morgan fingerprint density at radius 1 is 1.00 bits per heavy atom. The van der Waals surface area contributed by atoms with Crippen molar-refractivity contribution in [2.75, 3.05) is 5.32 Å². The molecule has 5 nitrogen and oxygen atoms in total. The van der Waals surface area contributed by atoms with Gasteiger partial charge >= 0.3 is 0 Å². The summed E-state index contributed by atoms with van der Waals surface area (Å²) in [6, 6.07) is 12.4. The highest BCUT2D eigenvalue weighted by molar-refractivity contribution is 5.91. The highest BCUT2D eigenvalue weighted by atomic mass is 19.1. The Labute approximate surface area is 142 Å². The van der Waals surface area contributed by atoms with Crippen molar-refractivity contribution >= 4 is 22.5 Å². The van der Waals surface area contributed by atoms with Crippen LogP contribution in [0.5, 0.6) is 0 Å². The maximum absolute atomic E-state index is 13.9. The quantitative estimate of drug-likeness (QED) is 0.610. The Morgan fingerprint density at radius 3 is 2.64 bits per heavy atom. The third kappa shape index (κ3) is 2.69. The lowest BCUT2D eigenvalue weighted by atomic mass is 10.2. The molecule has 0 atom stereocenters. The summed E-state index contributed by atoms with van der Waals surface area (Å²) in [5, 5.41) is 8.07. The fourth-order valence-electron chi connectivity index (χ4n) is 2.69. The molecule has 4 aromatic rings. The summed E-state index contributed by atoms with van der Waals surface area (Å²) in [5.74, 6) is -0.308. The minimum atomic E-state index is -0.385. The third-order valence-corrected chi connectivity index (χ3v) is 3.82. The molecule has 4 rings (SSSR count). The predicted octanol–water partition coefficient (Wildman–Crippen LogP) is 4.15. The molecule has 124 valence electrons. The van der Waals surface area contributed by atoms with Crippen LogP contribution in [-0.4, -0.2) is 19.7 Å². The number of nitrogens with zero attached hydrogens (tertiary/aromatic N) is 4. The van der Waals surface area contributed by atoms with Crippen LogP contribution in [-0.2, 0) is 0 Å². The second-order valence-corrected chi connectivity index (χ2v) is 5.50. The number of hydrogen-bond acceptors (Lipinski definition) is 4. The molecule has 0 fully saturated rings. The van der Waals surface area contributed by atoms with Gasteiger partial charge in [0.25, 0.3) is 0 Å². The topological polar surface area (TPSA) is 55.6 Å². The fraction of sp³-hybridized carbons (Fsp3) is 0.0556. The minimum absolute atomic E-state index is 0.306. The van der Waals surface area contributed by atoms with Gasteiger partial charge in [-0.15, -0.1) is 0 Å². The first kappa shape index (κ1) is 15.2. The summed E-state index contributed by atoms with van der Waals surface area (Å²) in [6.07, 6.45) is 1.36. The number of anilines is 2. The van der Waals surface area contributed by atoms with Crippen molar-refractivity contribution in [1.29, 1.82) is 0 Å². The molecule has 0 spiro atoms. The van der Waals surface area contributed by atoms with Gasteiger partial charge in [0, 0.05) is 0 Å². The van der Waals surface area contributed by atoms with E-state index in [1.54, 1.807) is 41.9 Å². The maximum atomic E-state index is 13.9. The van der Waals surface area contributed by atoms with Crippen LogP contribution in [0.2, 0.25) is 0 Å². The molecule has 2 aromatic carbocycles. The molecule has 7 heteroatoms. The van der Waals surface area contributed by atoms with Gasteiger partial charge in [0.15, 0.2) is 5.65 Å². The lowest BCUT2D eigenvalue weighted by Crippen LogP contribution is -2.00. The van der Waals surface area contributed by atoms with Crippen molar-refractivity contribution in [2.45, 2.75) is 6.92 Å². The number of para-hydroxylation sites is 1. The molecule has 0 aliphatic rings. The first-order valence-electron chi connectivity index (χ1n) is 7.61. The van der Waals surface area contributed by atoms with E-state index in [1.165, 1.54) is 24.5 Å². The van der Waals surface area contributed by atoms with Gasteiger partial charge in [-0.3, -0.25) is 0 Å². The Morgan fingerprint density at radius 2 is 1.84 bits per heavy atom. The zero-order valence-corrected chi connectivity index (χ0v) is 13.2. The molecule has 0 unspecified atom stereocenters. The summed E-state index contributed by atoms with van der Waals surface area (Å²) < 4.78 is 29.0. The standard InChI is InChI=1S/C18H13F2N5/c1-11-16-17(23-15-8-3-2-7-14(15)20)21-10-22-18(16)25(24-11)13-6-4-5-12(19)9-13/h2-10H,1H3,(H,21,22,23). The first-order chi connectivity index (χ1) is 12.1. The summed E-state index contributed by atoms with van der Waals surface area (Å²) in [4.78, 5) is 8.48. The number of hydrogen-bond donors (Lipinski definition) is 1. The molecule has 1 N–H and O–H groups in total. The second kappa shape index (κ2) is 5.94. The van der Waals surface area contributed by atoms with Crippen molar-refractivity contribution in [3.63, 3.8) is 0 Å². The highest BCUT2D eigenvalue weighted by Gasteiger charge is 2.16. The monoisotopic (exact) mass is 337 g/mol. The number of benzene rings is 2. The predicted molar refractivity (Wildman–Crippen MR) is 91.0 cm³/mol. The van der Waals surface area contributed by atoms with Crippen molar-refractivity contribution in [3.05, 3.63) is 72.2 Å². The third-order valence-electron chi connectivity index (χ3n) is 3.82. The van der Waals surface area contributed by atoms with E-state index in [1.807, 2.05) is 0 Å². The van der Waals surface area contributed by atoms with E-state index in [0.29, 0.717) is 33.9 Å². The molecular weight excluding hydrogens is 324 g/mol. The Bertz CT molecular complexity index is 1070. The molecule has 2 aromatic heterocycles.